The minimum Gasteiger partial charge on any atom is -0.466 e. The number of hydrogen-bond donors (Lipinski definition) is 4. The molecular weight excluding hydrogens is 256 g/mol. The summed E-state index contributed by atoms with van der Waals surface area (Å²) in [5.74, 6) is -1.74. The second-order valence-electron chi connectivity index (χ2n) is 3.16. The van der Waals surface area contributed by atoms with Gasteiger partial charge in [-0.25, -0.2) is 9.59 Å². The molecule has 0 fully saturated rings. The summed E-state index contributed by atoms with van der Waals surface area (Å²) in [6.07, 6.45) is 2.48. The van der Waals surface area contributed by atoms with Crippen LogP contribution in [0, 0.1) is 0 Å². The number of carbonyl (C=O) groups excluding carboxylic acids is 4. The Kier molecular flexibility index (Phi) is 8.37. The number of methoxy groups -OCH3 is 1. The number of nitrogens with two attached hydrogens (primary N) is 1. The molecule has 106 valence electrons. The zero-order chi connectivity index (χ0) is 14.7. The van der Waals surface area contributed by atoms with Crippen LogP contribution in [-0.2, 0) is 19.1 Å². The number of urea groups is 1. The lowest BCUT2D eigenvalue weighted by Crippen LogP contribution is -2.45. The molecule has 0 atom stereocenters. The molecule has 0 aromatic heterocycles. The molecule has 0 aliphatic heterocycles. The van der Waals surface area contributed by atoms with E-state index < -0.39 is 23.8 Å². The summed E-state index contributed by atoms with van der Waals surface area (Å²) in [5, 5.41) is 6.45. The normalized spacial score (nSPS) is 9.79. The van der Waals surface area contributed by atoms with Crippen molar-refractivity contribution >= 4 is 23.8 Å². The lowest BCUT2D eigenvalue weighted by Gasteiger charge is -2.05. The third-order valence-electron chi connectivity index (χ3n) is 1.72. The van der Waals surface area contributed by atoms with Crippen LogP contribution in [0.15, 0.2) is 12.2 Å². The van der Waals surface area contributed by atoms with Crippen molar-refractivity contribution in [3.05, 3.63) is 12.2 Å². The minimum atomic E-state index is -0.749. The van der Waals surface area contributed by atoms with Gasteiger partial charge in [0.2, 0.25) is 11.8 Å². The molecule has 0 saturated carbocycles. The van der Waals surface area contributed by atoms with Gasteiger partial charge in [0.05, 0.1) is 20.2 Å². The average Bonchev–Trinajstić information content (AvgIpc) is 2.40. The summed E-state index contributed by atoms with van der Waals surface area (Å²) in [7, 11) is 1.22. The Bertz CT molecular complexity index is 380. The maximum absolute atomic E-state index is 11.2. The predicted octanol–water partition coefficient (Wildman–Crippen LogP) is -2.38. The Balaban J connectivity index is 3.79. The fourth-order valence-corrected chi connectivity index (χ4v) is 0.841. The first kappa shape index (κ1) is 16.6. The predicted molar refractivity (Wildman–Crippen MR) is 64.8 cm³/mol. The van der Waals surface area contributed by atoms with E-state index in [4.69, 9.17) is 5.73 Å². The zero-order valence-electron chi connectivity index (χ0n) is 10.4. The lowest BCUT2D eigenvalue weighted by molar-refractivity contribution is -0.134. The first-order chi connectivity index (χ1) is 8.99. The molecule has 0 rings (SSSR count). The molecule has 5 N–H and O–H groups in total. The van der Waals surface area contributed by atoms with Crippen LogP contribution in [0.5, 0.6) is 0 Å². The van der Waals surface area contributed by atoms with E-state index in [1.54, 1.807) is 0 Å². The minimum absolute atomic E-state index is 0.0450. The van der Waals surface area contributed by atoms with Crippen LogP contribution >= 0.6 is 0 Å². The SMILES string of the molecule is COC(=O)/C=C/CNC(=O)NC(=O)CNC(=O)CN. The number of amides is 4. The van der Waals surface area contributed by atoms with Gasteiger partial charge in [0.1, 0.15) is 0 Å². The second-order valence-corrected chi connectivity index (χ2v) is 3.16. The molecule has 9 heteroatoms. The monoisotopic (exact) mass is 272 g/mol. The number of esters is 1. The van der Waals surface area contributed by atoms with Gasteiger partial charge < -0.3 is 21.1 Å². The molecular formula is C10H16N4O5. The number of nitrogens with one attached hydrogen (secondary N) is 3. The number of ether oxygens (including phenoxy) is 1. The van der Waals surface area contributed by atoms with Crippen molar-refractivity contribution in [1.29, 1.82) is 0 Å². The average molecular weight is 272 g/mol. The van der Waals surface area contributed by atoms with Crippen LogP contribution in [0.2, 0.25) is 0 Å². The summed E-state index contributed by atoms with van der Waals surface area (Å²) in [4.78, 5) is 43.7. The van der Waals surface area contributed by atoms with Crippen LogP contribution < -0.4 is 21.7 Å². The van der Waals surface area contributed by atoms with Crippen LogP contribution in [0.3, 0.4) is 0 Å². The highest BCUT2D eigenvalue weighted by atomic mass is 16.5. The summed E-state index contributed by atoms with van der Waals surface area (Å²) >= 11 is 0. The second kappa shape index (κ2) is 9.59. The number of carbonyl (C=O) groups is 4. The molecule has 0 aliphatic rings. The molecule has 0 bridgehead atoms. The van der Waals surface area contributed by atoms with Gasteiger partial charge in [-0.2, -0.15) is 0 Å². The van der Waals surface area contributed by atoms with Crippen molar-refractivity contribution in [2.75, 3.05) is 26.7 Å². The molecule has 0 spiro atoms. The van der Waals surface area contributed by atoms with Gasteiger partial charge >= 0.3 is 12.0 Å². The van der Waals surface area contributed by atoms with E-state index in [2.05, 4.69) is 15.4 Å². The standard InChI is InChI=1S/C10H16N4O5/c1-19-9(17)3-2-4-12-10(18)14-8(16)6-13-7(15)5-11/h2-3H,4-6,11H2,1H3,(H,13,15)(H2,12,14,16,18)/b3-2+. The smallest absolute Gasteiger partial charge is 0.330 e. The first-order valence-electron chi connectivity index (χ1n) is 5.28. The fourth-order valence-electron chi connectivity index (χ4n) is 0.841. The lowest BCUT2D eigenvalue weighted by atomic mass is 10.5. The molecule has 0 saturated heterocycles. The summed E-state index contributed by atoms with van der Waals surface area (Å²) in [6, 6.07) is -0.749. The van der Waals surface area contributed by atoms with E-state index in [1.165, 1.54) is 13.2 Å². The highest BCUT2D eigenvalue weighted by Gasteiger charge is 2.07. The van der Waals surface area contributed by atoms with Gasteiger partial charge in [-0.15, -0.1) is 0 Å². The number of hydrogen-bond acceptors (Lipinski definition) is 6. The first-order valence-corrected chi connectivity index (χ1v) is 5.28. The van der Waals surface area contributed by atoms with Crippen molar-refractivity contribution in [3.8, 4) is 0 Å². The molecule has 19 heavy (non-hydrogen) atoms. The van der Waals surface area contributed by atoms with Crippen LogP contribution in [0.25, 0.3) is 0 Å². The van der Waals surface area contributed by atoms with Crippen molar-refractivity contribution < 1.29 is 23.9 Å². The Hall–Kier alpha value is -2.42. The Morgan fingerprint density at radius 1 is 1.16 bits per heavy atom. The van der Waals surface area contributed by atoms with Crippen LogP contribution in [-0.4, -0.2) is 50.6 Å². The van der Waals surface area contributed by atoms with E-state index in [0.29, 0.717) is 0 Å². The summed E-state index contributed by atoms with van der Waals surface area (Å²) in [5.41, 5.74) is 5.01. The summed E-state index contributed by atoms with van der Waals surface area (Å²) in [6.45, 7) is -0.539. The van der Waals surface area contributed by atoms with Gasteiger partial charge in [0, 0.05) is 12.6 Å². The van der Waals surface area contributed by atoms with Gasteiger partial charge in [0.15, 0.2) is 0 Å². The van der Waals surface area contributed by atoms with E-state index in [9.17, 15) is 19.2 Å². The topological polar surface area (TPSA) is 140 Å². The molecule has 0 radical (unpaired) electrons. The number of imide groups is 1. The third kappa shape index (κ3) is 9.30. The van der Waals surface area contributed by atoms with Crippen LogP contribution in [0.4, 0.5) is 4.79 Å². The molecule has 0 heterocycles. The van der Waals surface area contributed by atoms with E-state index in [-0.39, 0.29) is 19.6 Å². The highest BCUT2D eigenvalue weighted by molar-refractivity contribution is 5.96. The molecule has 0 aliphatic carbocycles. The molecule has 0 unspecified atom stereocenters. The van der Waals surface area contributed by atoms with Gasteiger partial charge in [-0.3, -0.25) is 14.9 Å². The van der Waals surface area contributed by atoms with E-state index in [0.717, 1.165) is 6.08 Å². The summed E-state index contributed by atoms with van der Waals surface area (Å²) < 4.78 is 4.33. The van der Waals surface area contributed by atoms with Gasteiger partial charge in [0.25, 0.3) is 0 Å². The fraction of sp³-hybridized carbons (Fsp3) is 0.400. The zero-order valence-corrected chi connectivity index (χ0v) is 10.4. The largest absolute Gasteiger partial charge is 0.466 e. The van der Waals surface area contributed by atoms with E-state index >= 15 is 0 Å². The maximum Gasteiger partial charge on any atom is 0.330 e. The van der Waals surface area contributed by atoms with Gasteiger partial charge in [-0.05, 0) is 0 Å². The molecule has 0 aromatic carbocycles. The highest BCUT2D eigenvalue weighted by Crippen LogP contribution is 1.77. The molecule has 4 amide bonds. The molecule has 9 nitrogen and oxygen atoms in total. The Morgan fingerprint density at radius 2 is 1.84 bits per heavy atom. The van der Waals surface area contributed by atoms with Crippen molar-refractivity contribution in [1.82, 2.24) is 16.0 Å². The van der Waals surface area contributed by atoms with Crippen molar-refractivity contribution in [3.63, 3.8) is 0 Å². The van der Waals surface area contributed by atoms with Crippen molar-refractivity contribution in [2.24, 2.45) is 5.73 Å². The van der Waals surface area contributed by atoms with Gasteiger partial charge in [-0.1, -0.05) is 6.08 Å². The third-order valence-corrected chi connectivity index (χ3v) is 1.72. The van der Waals surface area contributed by atoms with E-state index in [1.807, 2.05) is 5.32 Å². The maximum atomic E-state index is 11.2. The van der Waals surface area contributed by atoms with Crippen molar-refractivity contribution in [2.45, 2.75) is 0 Å². The molecule has 0 aromatic rings. The Morgan fingerprint density at radius 3 is 2.42 bits per heavy atom. The number of rotatable bonds is 6. The quantitative estimate of drug-likeness (QED) is 0.314. The van der Waals surface area contributed by atoms with Crippen LogP contribution in [0.1, 0.15) is 0 Å². The Labute approximate surface area is 109 Å².